The van der Waals surface area contributed by atoms with Crippen LogP contribution in [-0.4, -0.2) is 4.57 Å². The van der Waals surface area contributed by atoms with Crippen molar-refractivity contribution in [3.63, 3.8) is 0 Å². The van der Waals surface area contributed by atoms with Gasteiger partial charge in [-0.2, -0.15) is 0 Å². The Hall–Kier alpha value is -7.16. The van der Waals surface area contributed by atoms with Crippen molar-refractivity contribution in [2.45, 2.75) is 13.3 Å². The minimum absolute atomic E-state index is 0.897. The maximum atomic E-state index is 2.39. The third-order valence-electron chi connectivity index (χ3n) is 10.6. The van der Waals surface area contributed by atoms with E-state index in [0.29, 0.717) is 0 Å². The molecule has 0 saturated carbocycles. The Morgan fingerprint density at radius 2 is 0.875 bits per heavy atom. The lowest BCUT2D eigenvalue weighted by Crippen LogP contribution is -2.10. The summed E-state index contributed by atoms with van der Waals surface area (Å²) in [6.07, 6.45) is 9.33. The van der Waals surface area contributed by atoms with Crippen molar-refractivity contribution < 1.29 is 0 Å². The van der Waals surface area contributed by atoms with Gasteiger partial charge in [-0.1, -0.05) is 158 Å². The van der Waals surface area contributed by atoms with Crippen molar-refractivity contribution in [1.29, 1.82) is 0 Å². The first-order valence-corrected chi connectivity index (χ1v) is 19.4. The van der Waals surface area contributed by atoms with Gasteiger partial charge >= 0.3 is 0 Å². The molecule has 0 saturated heterocycles. The molecular formula is C54H42N2. The number of nitrogens with zero attached hydrogens (tertiary/aromatic N) is 2. The molecule has 0 N–H and O–H groups in total. The fraction of sp³-hybridized carbons (Fsp3) is 0.0370. The van der Waals surface area contributed by atoms with Crippen molar-refractivity contribution in [2.24, 2.45) is 0 Å². The summed E-state index contributed by atoms with van der Waals surface area (Å²) < 4.78 is 2.39. The van der Waals surface area contributed by atoms with Crippen LogP contribution in [0.3, 0.4) is 0 Å². The molecule has 0 radical (unpaired) electrons. The summed E-state index contributed by atoms with van der Waals surface area (Å²) in [6.45, 7) is 2.04. The third-order valence-corrected chi connectivity index (χ3v) is 10.6. The number of aromatic nitrogens is 1. The lowest BCUT2D eigenvalue weighted by Gasteiger charge is -2.26. The third kappa shape index (κ3) is 6.97. The van der Waals surface area contributed by atoms with E-state index >= 15 is 0 Å². The lowest BCUT2D eigenvalue weighted by molar-refractivity contribution is 1.18. The van der Waals surface area contributed by atoms with Crippen molar-refractivity contribution in [3.05, 3.63) is 230 Å². The number of hydrogen-bond donors (Lipinski definition) is 0. The van der Waals surface area contributed by atoms with Crippen molar-refractivity contribution in [2.75, 3.05) is 4.90 Å². The van der Waals surface area contributed by atoms with Gasteiger partial charge in [-0.05, 0) is 119 Å². The van der Waals surface area contributed by atoms with E-state index in [2.05, 4.69) is 234 Å². The topological polar surface area (TPSA) is 8.17 Å². The van der Waals surface area contributed by atoms with Gasteiger partial charge in [-0.25, -0.2) is 0 Å². The SMILES string of the molecule is C/C=C\C=C/Cc1ccc(N(c2ccc(-c3ccccc3)cc2)c2ccc(-c3ccc4c(c3)c3ccccc3n4-c3ccc(-c4ccccc4)cc3)cc2)cc1. The summed E-state index contributed by atoms with van der Waals surface area (Å²) in [5.74, 6) is 0. The average Bonchev–Trinajstić information content (AvgIpc) is 3.61. The monoisotopic (exact) mass is 718 g/mol. The quantitative estimate of drug-likeness (QED) is 0.128. The standard InChI is InChI=1S/C54H42N2/c1-2-3-4-7-14-40-21-30-47(31-22-40)55(48-32-23-43(24-33-48)41-15-8-5-9-16-41)49-34-27-45(28-35-49)46-29-38-54-52(39-46)51-19-12-13-20-53(51)56(54)50-36-25-44(26-37-50)42-17-10-6-11-18-42/h2-13,15-39H,14H2,1H3/b3-2-,7-4-. The van der Waals surface area contributed by atoms with E-state index in [-0.39, 0.29) is 0 Å². The zero-order chi connectivity index (χ0) is 37.7. The van der Waals surface area contributed by atoms with Crippen molar-refractivity contribution in [1.82, 2.24) is 4.57 Å². The van der Waals surface area contributed by atoms with Gasteiger partial charge in [0.15, 0.2) is 0 Å². The highest BCUT2D eigenvalue weighted by Gasteiger charge is 2.16. The van der Waals surface area contributed by atoms with Gasteiger partial charge in [0.1, 0.15) is 0 Å². The Morgan fingerprint density at radius 1 is 0.411 bits per heavy atom. The van der Waals surface area contributed by atoms with Crippen LogP contribution >= 0.6 is 0 Å². The molecule has 2 heteroatoms. The number of anilines is 3. The molecule has 0 unspecified atom stereocenters. The summed E-state index contributed by atoms with van der Waals surface area (Å²) in [5, 5.41) is 2.49. The smallest absolute Gasteiger partial charge is 0.0541 e. The van der Waals surface area contributed by atoms with Gasteiger partial charge in [0.05, 0.1) is 11.0 Å². The second-order valence-corrected chi connectivity index (χ2v) is 14.1. The van der Waals surface area contributed by atoms with Gasteiger partial charge in [0, 0.05) is 33.5 Å². The second-order valence-electron chi connectivity index (χ2n) is 14.1. The Labute approximate surface area is 329 Å². The largest absolute Gasteiger partial charge is 0.311 e. The fourth-order valence-corrected chi connectivity index (χ4v) is 7.72. The van der Waals surface area contributed by atoms with Gasteiger partial charge in [-0.3, -0.25) is 0 Å². The molecule has 0 fully saturated rings. The number of para-hydroxylation sites is 1. The molecule has 8 aromatic carbocycles. The van der Waals surface area contributed by atoms with E-state index < -0.39 is 0 Å². The van der Waals surface area contributed by atoms with Gasteiger partial charge in [0.2, 0.25) is 0 Å². The molecule has 56 heavy (non-hydrogen) atoms. The first kappa shape index (κ1) is 34.6. The molecule has 0 spiro atoms. The number of hydrogen-bond acceptors (Lipinski definition) is 1. The van der Waals surface area contributed by atoms with E-state index in [1.807, 2.05) is 6.92 Å². The zero-order valence-corrected chi connectivity index (χ0v) is 31.5. The van der Waals surface area contributed by atoms with Crippen LogP contribution in [0.2, 0.25) is 0 Å². The Balaban J connectivity index is 1.06. The summed E-state index contributed by atoms with van der Waals surface area (Å²) in [4.78, 5) is 2.35. The van der Waals surface area contributed by atoms with E-state index in [1.165, 1.54) is 60.8 Å². The minimum atomic E-state index is 0.897. The maximum absolute atomic E-state index is 2.39. The summed E-state index contributed by atoms with van der Waals surface area (Å²) in [5.41, 5.74) is 15.4. The minimum Gasteiger partial charge on any atom is -0.311 e. The molecule has 1 heterocycles. The lowest BCUT2D eigenvalue weighted by atomic mass is 10.0. The summed E-state index contributed by atoms with van der Waals surface area (Å²) >= 11 is 0. The van der Waals surface area contributed by atoms with Crippen LogP contribution < -0.4 is 4.90 Å². The number of benzene rings is 8. The molecule has 2 nitrogen and oxygen atoms in total. The fourth-order valence-electron chi connectivity index (χ4n) is 7.72. The van der Waals surface area contributed by atoms with Crippen LogP contribution in [0, 0.1) is 0 Å². The van der Waals surface area contributed by atoms with E-state index in [0.717, 1.165) is 29.2 Å². The zero-order valence-electron chi connectivity index (χ0n) is 31.5. The van der Waals surface area contributed by atoms with Crippen LogP contribution in [0.5, 0.6) is 0 Å². The van der Waals surface area contributed by atoms with Crippen LogP contribution in [0.1, 0.15) is 12.5 Å². The molecule has 0 aliphatic heterocycles. The Kier molecular flexibility index (Phi) is 9.68. The molecule has 0 amide bonds. The highest BCUT2D eigenvalue weighted by Crippen LogP contribution is 2.39. The molecule has 9 aromatic rings. The number of allylic oxidation sites excluding steroid dienone is 4. The predicted molar refractivity (Wildman–Crippen MR) is 239 cm³/mol. The normalized spacial score (nSPS) is 11.6. The summed E-state index contributed by atoms with van der Waals surface area (Å²) in [6, 6.07) is 72.5. The van der Waals surface area contributed by atoms with E-state index in [1.54, 1.807) is 0 Å². The van der Waals surface area contributed by atoms with Gasteiger partial charge in [-0.15, -0.1) is 0 Å². The Morgan fingerprint density at radius 3 is 1.46 bits per heavy atom. The highest BCUT2D eigenvalue weighted by atomic mass is 15.1. The van der Waals surface area contributed by atoms with E-state index in [4.69, 9.17) is 0 Å². The first-order valence-electron chi connectivity index (χ1n) is 19.4. The average molecular weight is 719 g/mol. The predicted octanol–water partition coefficient (Wildman–Crippen LogP) is 14.9. The van der Waals surface area contributed by atoms with Crippen LogP contribution in [-0.2, 0) is 6.42 Å². The number of rotatable bonds is 10. The molecule has 1 aromatic heterocycles. The second kappa shape index (κ2) is 15.7. The molecule has 0 atom stereocenters. The first-order chi connectivity index (χ1) is 27.7. The molecule has 268 valence electrons. The van der Waals surface area contributed by atoms with Gasteiger partial charge < -0.3 is 9.47 Å². The van der Waals surface area contributed by atoms with Crippen molar-refractivity contribution in [3.8, 4) is 39.1 Å². The molecule has 0 aliphatic rings. The van der Waals surface area contributed by atoms with Crippen LogP contribution in [0.25, 0.3) is 60.9 Å². The maximum Gasteiger partial charge on any atom is 0.0541 e. The van der Waals surface area contributed by atoms with E-state index in [9.17, 15) is 0 Å². The number of fused-ring (bicyclic) bond motifs is 3. The summed E-state index contributed by atoms with van der Waals surface area (Å²) in [7, 11) is 0. The molecule has 0 aliphatic carbocycles. The van der Waals surface area contributed by atoms with Crippen molar-refractivity contribution >= 4 is 38.9 Å². The van der Waals surface area contributed by atoms with Crippen LogP contribution in [0.15, 0.2) is 224 Å². The Bertz CT molecular complexity index is 2770. The molecule has 0 bridgehead atoms. The highest BCUT2D eigenvalue weighted by molar-refractivity contribution is 6.10. The molecule has 9 rings (SSSR count). The van der Waals surface area contributed by atoms with Crippen LogP contribution in [0.4, 0.5) is 17.1 Å². The van der Waals surface area contributed by atoms with Gasteiger partial charge in [0.25, 0.3) is 0 Å². The molecular weight excluding hydrogens is 677 g/mol.